The Bertz CT molecular complexity index is 825. The van der Waals surface area contributed by atoms with Gasteiger partial charge in [0, 0.05) is 12.7 Å². The molecule has 1 N–H and O–H groups in total. The van der Waals surface area contributed by atoms with Crippen LogP contribution in [0, 0.1) is 0 Å². The third-order valence-electron chi connectivity index (χ3n) is 4.21. The SMILES string of the molecule is O=C(c1ccc(Cl)nc1)N1CCCC1c1nc2ccccc2[nH]1. The predicted molar refractivity (Wildman–Crippen MR) is 88.4 cm³/mol. The summed E-state index contributed by atoms with van der Waals surface area (Å²) in [5, 5.41) is 0.386. The highest BCUT2D eigenvalue weighted by Gasteiger charge is 2.32. The van der Waals surface area contributed by atoms with E-state index in [2.05, 4.69) is 15.0 Å². The predicted octanol–water partition coefficient (Wildman–Crippen LogP) is 3.59. The third kappa shape index (κ3) is 2.57. The summed E-state index contributed by atoms with van der Waals surface area (Å²) in [6.07, 6.45) is 3.40. The van der Waals surface area contributed by atoms with E-state index in [1.165, 1.54) is 6.20 Å². The summed E-state index contributed by atoms with van der Waals surface area (Å²) < 4.78 is 0. The molecule has 1 atom stereocenters. The van der Waals surface area contributed by atoms with Crippen molar-refractivity contribution in [1.29, 1.82) is 0 Å². The van der Waals surface area contributed by atoms with Crippen LogP contribution in [0.1, 0.15) is 35.1 Å². The minimum atomic E-state index is -0.0304. The van der Waals surface area contributed by atoms with Crippen molar-refractivity contribution in [2.24, 2.45) is 0 Å². The molecule has 3 heterocycles. The number of pyridine rings is 1. The van der Waals surface area contributed by atoms with E-state index in [0.29, 0.717) is 10.7 Å². The van der Waals surface area contributed by atoms with Crippen LogP contribution in [0.15, 0.2) is 42.6 Å². The van der Waals surface area contributed by atoms with Gasteiger partial charge in [0.25, 0.3) is 5.91 Å². The highest BCUT2D eigenvalue weighted by molar-refractivity contribution is 6.29. The van der Waals surface area contributed by atoms with Crippen molar-refractivity contribution in [2.45, 2.75) is 18.9 Å². The van der Waals surface area contributed by atoms with Crippen LogP contribution in [0.3, 0.4) is 0 Å². The van der Waals surface area contributed by atoms with Crippen LogP contribution in [0.25, 0.3) is 11.0 Å². The highest BCUT2D eigenvalue weighted by Crippen LogP contribution is 2.32. The molecule has 0 spiro atoms. The lowest BCUT2D eigenvalue weighted by Crippen LogP contribution is -2.31. The molecule has 23 heavy (non-hydrogen) atoms. The average Bonchev–Trinajstić information content (AvgIpc) is 3.21. The van der Waals surface area contributed by atoms with Gasteiger partial charge in [-0.3, -0.25) is 4.79 Å². The van der Waals surface area contributed by atoms with Gasteiger partial charge in [-0.15, -0.1) is 0 Å². The fourth-order valence-corrected chi connectivity index (χ4v) is 3.20. The zero-order chi connectivity index (χ0) is 15.8. The van der Waals surface area contributed by atoms with Crippen molar-refractivity contribution in [3.8, 4) is 0 Å². The number of hydrogen-bond acceptors (Lipinski definition) is 3. The summed E-state index contributed by atoms with van der Waals surface area (Å²) in [4.78, 5) is 26.6. The zero-order valence-electron chi connectivity index (χ0n) is 12.4. The number of carbonyl (C=O) groups is 1. The van der Waals surface area contributed by atoms with E-state index in [1.54, 1.807) is 12.1 Å². The van der Waals surface area contributed by atoms with Gasteiger partial charge in [-0.25, -0.2) is 9.97 Å². The molecular formula is C17H15ClN4O. The molecule has 116 valence electrons. The number of aromatic nitrogens is 3. The van der Waals surface area contributed by atoms with Gasteiger partial charge in [0.15, 0.2) is 0 Å². The van der Waals surface area contributed by atoms with Gasteiger partial charge in [-0.05, 0) is 37.1 Å². The van der Waals surface area contributed by atoms with Crippen LogP contribution in [0.2, 0.25) is 5.15 Å². The zero-order valence-corrected chi connectivity index (χ0v) is 13.1. The maximum Gasteiger partial charge on any atom is 0.256 e. The molecule has 1 fully saturated rings. The van der Waals surface area contributed by atoms with Gasteiger partial charge >= 0.3 is 0 Å². The summed E-state index contributed by atoms with van der Waals surface area (Å²) in [7, 11) is 0. The van der Waals surface area contributed by atoms with E-state index in [4.69, 9.17) is 11.6 Å². The number of nitrogens with zero attached hydrogens (tertiary/aromatic N) is 3. The normalized spacial score (nSPS) is 17.8. The van der Waals surface area contributed by atoms with Gasteiger partial charge in [-0.1, -0.05) is 23.7 Å². The lowest BCUT2D eigenvalue weighted by molar-refractivity contribution is 0.0730. The van der Waals surface area contributed by atoms with Gasteiger partial charge in [0.1, 0.15) is 11.0 Å². The number of nitrogens with one attached hydrogen (secondary N) is 1. The van der Waals surface area contributed by atoms with Crippen LogP contribution in [0.5, 0.6) is 0 Å². The smallest absolute Gasteiger partial charge is 0.256 e. The summed E-state index contributed by atoms with van der Waals surface area (Å²) in [6.45, 7) is 0.725. The minimum Gasteiger partial charge on any atom is -0.340 e. The van der Waals surface area contributed by atoms with Crippen molar-refractivity contribution in [3.63, 3.8) is 0 Å². The number of H-pyrrole nitrogens is 1. The Balaban J connectivity index is 1.65. The van der Waals surface area contributed by atoms with Crippen LogP contribution >= 0.6 is 11.6 Å². The molecule has 0 aliphatic carbocycles. The molecule has 1 aliphatic heterocycles. The summed E-state index contributed by atoms with van der Waals surface area (Å²) >= 11 is 5.79. The number of likely N-dealkylation sites (tertiary alicyclic amines) is 1. The quantitative estimate of drug-likeness (QED) is 0.732. The number of benzene rings is 1. The van der Waals surface area contributed by atoms with Gasteiger partial charge in [0.2, 0.25) is 0 Å². The molecule has 3 aromatic rings. The Morgan fingerprint density at radius 2 is 2.13 bits per heavy atom. The van der Waals surface area contributed by atoms with Gasteiger partial charge < -0.3 is 9.88 Å². The molecule has 1 aromatic carbocycles. The number of carbonyl (C=O) groups excluding carboxylic acids is 1. The van der Waals surface area contributed by atoms with E-state index >= 15 is 0 Å². The average molecular weight is 327 g/mol. The number of fused-ring (bicyclic) bond motifs is 1. The summed E-state index contributed by atoms with van der Waals surface area (Å²) in [5.74, 6) is 0.816. The molecule has 1 amide bonds. The Kier molecular flexibility index (Phi) is 3.50. The molecular weight excluding hydrogens is 312 g/mol. The van der Waals surface area contributed by atoms with E-state index in [-0.39, 0.29) is 11.9 Å². The number of amides is 1. The number of hydrogen-bond donors (Lipinski definition) is 1. The van der Waals surface area contributed by atoms with Crippen LogP contribution in [-0.4, -0.2) is 32.3 Å². The van der Waals surface area contributed by atoms with Crippen molar-refractivity contribution in [3.05, 3.63) is 59.1 Å². The van der Waals surface area contributed by atoms with E-state index in [0.717, 1.165) is 36.2 Å². The third-order valence-corrected chi connectivity index (χ3v) is 4.43. The maximum atomic E-state index is 12.8. The molecule has 0 radical (unpaired) electrons. The van der Waals surface area contributed by atoms with Gasteiger partial charge in [-0.2, -0.15) is 0 Å². The second-order valence-electron chi connectivity index (χ2n) is 5.67. The maximum absolute atomic E-state index is 12.8. The first kappa shape index (κ1) is 14.2. The largest absolute Gasteiger partial charge is 0.340 e. The first-order valence-electron chi connectivity index (χ1n) is 7.59. The highest BCUT2D eigenvalue weighted by atomic mass is 35.5. The Labute approximate surface area is 138 Å². The van der Waals surface area contributed by atoms with Crippen molar-refractivity contribution in [1.82, 2.24) is 19.9 Å². The minimum absolute atomic E-state index is 0.0226. The Morgan fingerprint density at radius 3 is 2.91 bits per heavy atom. The van der Waals surface area contributed by atoms with Gasteiger partial charge in [0.05, 0.1) is 22.6 Å². The number of para-hydroxylation sites is 2. The first-order valence-corrected chi connectivity index (χ1v) is 7.97. The fourth-order valence-electron chi connectivity index (χ4n) is 3.09. The number of imidazole rings is 1. The van der Waals surface area contributed by atoms with Crippen molar-refractivity contribution in [2.75, 3.05) is 6.54 Å². The van der Waals surface area contributed by atoms with E-state index in [1.807, 2.05) is 29.2 Å². The molecule has 1 unspecified atom stereocenters. The second kappa shape index (κ2) is 5.66. The summed E-state index contributed by atoms with van der Waals surface area (Å²) in [6, 6.07) is 11.2. The topological polar surface area (TPSA) is 61.9 Å². The molecule has 1 aliphatic rings. The lowest BCUT2D eigenvalue weighted by Gasteiger charge is -2.23. The monoisotopic (exact) mass is 326 g/mol. The van der Waals surface area contributed by atoms with E-state index in [9.17, 15) is 4.79 Å². The molecule has 4 rings (SSSR count). The fraction of sp³-hybridized carbons (Fsp3) is 0.235. The number of aromatic amines is 1. The lowest BCUT2D eigenvalue weighted by atomic mass is 10.2. The molecule has 2 aromatic heterocycles. The Morgan fingerprint density at radius 1 is 1.26 bits per heavy atom. The number of rotatable bonds is 2. The van der Waals surface area contributed by atoms with E-state index < -0.39 is 0 Å². The Hall–Kier alpha value is -2.40. The van der Waals surface area contributed by atoms with Crippen molar-refractivity contribution >= 4 is 28.5 Å². The molecule has 0 saturated carbocycles. The first-order chi connectivity index (χ1) is 11.2. The second-order valence-corrected chi connectivity index (χ2v) is 6.05. The summed E-state index contributed by atoms with van der Waals surface area (Å²) in [5.41, 5.74) is 2.47. The van der Waals surface area contributed by atoms with Crippen molar-refractivity contribution < 1.29 is 4.79 Å². The molecule has 0 bridgehead atoms. The van der Waals surface area contributed by atoms with Crippen LogP contribution < -0.4 is 0 Å². The van der Waals surface area contributed by atoms with Crippen LogP contribution in [-0.2, 0) is 0 Å². The molecule has 6 heteroatoms. The standard InChI is InChI=1S/C17H15ClN4O/c18-15-8-7-11(10-19-15)17(23)22-9-3-6-14(22)16-20-12-4-1-2-5-13(12)21-16/h1-2,4-5,7-8,10,14H,3,6,9H2,(H,20,21). The van der Waals surface area contributed by atoms with Crippen LogP contribution in [0.4, 0.5) is 0 Å². The number of halogens is 1. The molecule has 1 saturated heterocycles. The molecule has 5 nitrogen and oxygen atoms in total.